The van der Waals surface area contributed by atoms with Crippen molar-refractivity contribution in [3.05, 3.63) is 35.4 Å². The lowest BCUT2D eigenvalue weighted by Crippen LogP contribution is -2.58. The fourth-order valence-electron chi connectivity index (χ4n) is 3.50. The molecule has 0 amide bonds. The smallest absolute Gasteiger partial charge is 0.323 e. The Hall–Kier alpha value is -2.10. The molecule has 0 radical (unpaired) electrons. The molecule has 1 aromatic carbocycles. The van der Waals surface area contributed by atoms with Crippen LogP contribution in [-0.2, 0) is 16.0 Å². The minimum atomic E-state index is -1.45. The van der Waals surface area contributed by atoms with Gasteiger partial charge < -0.3 is 21.1 Å². The highest BCUT2D eigenvalue weighted by molar-refractivity contribution is 5.81. The second-order valence-electron chi connectivity index (χ2n) is 7.11. The first kappa shape index (κ1) is 21.2. The van der Waals surface area contributed by atoms with Crippen molar-refractivity contribution in [1.29, 1.82) is 0 Å². The predicted molar refractivity (Wildman–Crippen MR) is 92.0 cm³/mol. The number of rotatable bonds is 8. The molecule has 27 heavy (non-hydrogen) atoms. The lowest BCUT2D eigenvalue weighted by molar-refractivity contribution is -0.151. The van der Waals surface area contributed by atoms with E-state index in [0.29, 0.717) is 12.8 Å². The van der Waals surface area contributed by atoms with E-state index in [0.717, 1.165) is 18.2 Å². The zero-order chi connectivity index (χ0) is 20.2. The number of aliphatic hydroxyl groups is 1. The third-order valence-electron chi connectivity index (χ3n) is 5.05. The van der Waals surface area contributed by atoms with E-state index in [9.17, 15) is 33.7 Å². The van der Waals surface area contributed by atoms with E-state index in [2.05, 4.69) is 5.32 Å². The van der Waals surface area contributed by atoms with Gasteiger partial charge in [-0.05, 0) is 43.4 Å². The molecule has 1 fully saturated rings. The van der Waals surface area contributed by atoms with Gasteiger partial charge in [0.2, 0.25) is 0 Å². The number of carboxylic acids is 2. The van der Waals surface area contributed by atoms with Gasteiger partial charge in [-0.1, -0.05) is 6.42 Å². The van der Waals surface area contributed by atoms with Crippen LogP contribution in [0.4, 0.5) is 8.78 Å². The number of carboxylic acid groups (broad SMARTS) is 2. The molecule has 0 spiro atoms. The third kappa shape index (κ3) is 5.44. The summed E-state index contributed by atoms with van der Waals surface area (Å²) in [5, 5.41) is 31.8. The first-order valence-corrected chi connectivity index (χ1v) is 8.73. The third-order valence-corrected chi connectivity index (χ3v) is 5.05. The summed E-state index contributed by atoms with van der Waals surface area (Å²) in [6.07, 6.45) is -0.203. The molecule has 2 unspecified atom stereocenters. The summed E-state index contributed by atoms with van der Waals surface area (Å²) >= 11 is 0. The summed E-state index contributed by atoms with van der Waals surface area (Å²) in [6.45, 7) is -0.183. The molecule has 0 bridgehead atoms. The van der Waals surface area contributed by atoms with Crippen LogP contribution in [0.25, 0.3) is 0 Å². The number of halogens is 2. The summed E-state index contributed by atoms with van der Waals surface area (Å²) in [7, 11) is 0. The van der Waals surface area contributed by atoms with Crippen molar-refractivity contribution in [2.75, 3.05) is 6.54 Å². The topological polar surface area (TPSA) is 133 Å². The molecule has 1 aliphatic rings. The van der Waals surface area contributed by atoms with Crippen LogP contribution in [0.5, 0.6) is 0 Å². The number of hydrogen-bond donors (Lipinski definition) is 5. The number of aliphatic hydroxyl groups excluding tert-OH is 1. The van der Waals surface area contributed by atoms with E-state index in [1.807, 2.05) is 0 Å². The summed E-state index contributed by atoms with van der Waals surface area (Å²) in [6, 6.07) is 2.07. The minimum absolute atomic E-state index is 0.00461. The van der Waals surface area contributed by atoms with Gasteiger partial charge in [0.25, 0.3) is 0 Å². The Morgan fingerprint density at radius 1 is 1.26 bits per heavy atom. The first-order chi connectivity index (χ1) is 12.6. The standard InChI is InChI=1S/C18H24F2N2O5/c19-12-4-10(5-13(20)7-12)6-14(21)15(23)9-22-18(17(26)27)3-1-2-11(8-18)16(24)25/h4-5,7,11,14-15,22-23H,1-3,6,8-9,21H2,(H,24,25)(H,26,27)/t11?,14-,15+,18?/m0/s1. The van der Waals surface area contributed by atoms with E-state index < -0.39 is 47.2 Å². The molecular weight excluding hydrogens is 362 g/mol. The fraction of sp³-hybridized carbons (Fsp3) is 0.556. The normalized spacial score (nSPS) is 25.0. The Labute approximate surface area is 155 Å². The molecule has 1 saturated carbocycles. The molecule has 0 aromatic heterocycles. The highest BCUT2D eigenvalue weighted by atomic mass is 19.1. The van der Waals surface area contributed by atoms with Gasteiger partial charge in [-0.2, -0.15) is 0 Å². The molecule has 0 aliphatic heterocycles. The lowest BCUT2D eigenvalue weighted by Gasteiger charge is -2.38. The van der Waals surface area contributed by atoms with E-state index in [-0.39, 0.29) is 31.4 Å². The van der Waals surface area contributed by atoms with Crippen molar-refractivity contribution >= 4 is 11.9 Å². The molecule has 0 heterocycles. The maximum atomic E-state index is 13.2. The zero-order valence-corrected chi connectivity index (χ0v) is 14.7. The maximum absolute atomic E-state index is 13.2. The van der Waals surface area contributed by atoms with Gasteiger partial charge in [0.1, 0.15) is 17.2 Å². The average molecular weight is 386 g/mol. The van der Waals surface area contributed by atoms with Gasteiger partial charge >= 0.3 is 11.9 Å². The van der Waals surface area contributed by atoms with Crippen molar-refractivity contribution in [3.8, 4) is 0 Å². The quantitative estimate of drug-likeness (QED) is 0.448. The summed E-state index contributed by atoms with van der Waals surface area (Å²) in [5.74, 6) is -4.51. The number of carbonyl (C=O) groups is 2. The Bertz CT molecular complexity index is 682. The number of nitrogens with two attached hydrogens (primary N) is 1. The summed E-state index contributed by atoms with van der Waals surface area (Å²) < 4.78 is 26.5. The zero-order valence-electron chi connectivity index (χ0n) is 14.7. The number of nitrogens with one attached hydrogen (secondary N) is 1. The summed E-state index contributed by atoms with van der Waals surface area (Å²) in [4.78, 5) is 23.0. The number of β-amino-alcohol motifs (C(OH)–C–C–N with tert-alkyl or cyclic N) is 1. The Morgan fingerprint density at radius 3 is 2.44 bits per heavy atom. The van der Waals surface area contributed by atoms with Crippen LogP contribution < -0.4 is 11.1 Å². The van der Waals surface area contributed by atoms with Gasteiger partial charge in [0.05, 0.1) is 12.0 Å². The lowest BCUT2D eigenvalue weighted by atomic mass is 9.75. The minimum Gasteiger partial charge on any atom is -0.481 e. The Morgan fingerprint density at radius 2 is 1.89 bits per heavy atom. The highest BCUT2D eigenvalue weighted by Crippen LogP contribution is 2.33. The first-order valence-electron chi connectivity index (χ1n) is 8.73. The van der Waals surface area contributed by atoms with Crippen LogP contribution >= 0.6 is 0 Å². The largest absolute Gasteiger partial charge is 0.481 e. The molecule has 4 atom stereocenters. The van der Waals surface area contributed by atoms with Gasteiger partial charge in [-0.25, -0.2) is 8.78 Å². The van der Waals surface area contributed by atoms with Crippen LogP contribution in [0.3, 0.4) is 0 Å². The molecule has 2 rings (SSSR count). The molecule has 1 aromatic rings. The van der Waals surface area contributed by atoms with Crippen molar-refractivity contribution < 1.29 is 33.7 Å². The van der Waals surface area contributed by atoms with E-state index in [4.69, 9.17) is 5.73 Å². The molecule has 150 valence electrons. The average Bonchev–Trinajstić information content (AvgIpc) is 2.58. The van der Waals surface area contributed by atoms with Crippen LogP contribution in [-0.4, -0.2) is 51.5 Å². The van der Waals surface area contributed by atoms with Crippen LogP contribution in [0.2, 0.25) is 0 Å². The molecular formula is C18H24F2N2O5. The SMILES string of the molecule is N[C@@H](Cc1cc(F)cc(F)c1)[C@H](O)CNC1(C(=O)O)CCCC(C(=O)O)C1. The van der Waals surface area contributed by atoms with Gasteiger partial charge in [0.15, 0.2) is 0 Å². The van der Waals surface area contributed by atoms with Gasteiger partial charge in [0, 0.05) is 18.7 Å². The van der Waals surface area contributed by atoms with E-state index in [1.165, 1.54) is 0 Å². The van der Waals surface area contributed by atoms with Crippen molar-refractivity contribution in [3.63, 3.8) is 0 Å². The molecule has 7 nitrogen and oxygen atoms in total. The van der Waals surface area contributed by atoms with Gasteiger partial charge in [-0.3, -0.25) is 14.9 Å². The predicted octanol–water partition coefficient (Wildman–Crippen LogP) is 0.883. The highest BCUT2D eigenvalue weighted by Gasteiger charge is 2.45. The maximum Gasteiger partial charge on any atom is 0.323 e. The number of aliphatic carboxylic acids is 2. The molecule has 1 aliphatic carbocycles. The van der Waals surface area contributed by atoms with Crippen LogP contribution in [0.15, 0.2) is 18.2 Å². The van der Waals surface area contributed by atoms with Crippen molar-refractivity contribution in [2.45, 2.75) is 49.8 Å². The second-order valence-corrected chi connectivity index (χ2v) is 7.11. The monoisotopic (exact) mass is 386 g/mol. The molecule has 9 heteroatoms. The number of hydrogen-bond acceptors (Lipinski definition) is 5. The Balaban J connectivity index is 1.99. The van der Waals surface area contributed by atoms with E-state index >= 15 is 0 Å². The van der Waals surface area contributed by atoms with Crippen molar-refractivity contribution in [2.24, 2.45) is 11.7 Å². The molecule has 6 N–H and O–H groups in total. The fourth-order valence-corrected chi connectivity index (χ4v) is 3.50. The van der Waals surface area contributed by atoms with Crippen LogP contribution in [0.1, 0.15) is 31.2 Å². The van der Waals surface area contributed by atoms with Gasteiger partial charge in [-0.15, -0.1) is 0 Å². The summed E-state index contributed by atoms with van der Waals surface area (Å²) in [5.41, 5.74) is 4.71. The van der Waals surface area contributed by atoms with E-state index in [1.54, 1.807) is 0 Å². The number of benzene rings is 1. The Kier molecular flexibility index (Phi) is 6.85. The molecule has 0 saturated heterocycles. The second kappa shape index (κ2) is 8.73. The van der Waals surface area contributed by atoms with Crippen LogP contribution in [0, 0.1) is 17.6 Å². The van der Waals surface area contributed by atoms with Crippen molar-refractivity contribution in [1.82, 2.24) is 5.32 Å².